The van der Waals surface area contributed by atoms with Gasteiger partial charge in [-0.2, -0.15) is 5.10 Å². The molecule has 1 aliphatic rings. The number of anilines is 1. The molecule has 32 heavy (non-hydrogen) atoms. The molecule has 1 aliphatic heterocycles. The van der Waals surface area contributed by atoms with Gasteiger partial charge in [0, 0.05) is 49.6 Å². The normalized spacial score (nSPS) is 14.9. The summed E-state index contributed by atoms with van der Waals surface area (Å²) in [5.41, 5.74) is 4.24. The molecule has 9 heteroatoms. The Morgan fingerprint density at radius 1 is 1.25 bits per heavy atom. The first-order valence-electron chi connectivity index (χ1n) is 11.3. The van der Waals surface area contributed by atoms with Crippen molar-refractivity contribution in [1.29, 1.82) is 0 Å². The Kier molecular flexibility index (Phi) is 6.25. The summed E-state index contributed by atoms with van der Waals surface area (Å²) in [6.45, 7) is 12.1. The molecule has 0 atom stereocenters. The van der Waals surface area contributed by atoms with Crippen LogP contribution in [0.3, 0.4) is 0 Å². The second-order valence-electron chi connectivity index (χ2n) is 8.65. The van der Waals surface area contributed by atoms with E-state index in [2.05, 4.69) is 34.4 Å². The molecular formula is C23H31N7O2. The summed E-state index contributed by atoms with van der Waals surface area (Å²) in [7, 11) is 0. The van der Waals surface area contributed by atoms with Gasteiger partial charge in [-0.1, -0.05) is 5.16 Å². The number of rotatable bonds is 6. The zero-order valence-corrected chi connectivity index (χ0v) is 19.4. The van der Waals surface area contributed by atoms with Crippen molar-refractivity contribution in [2.45, 2.75) is 66.0 Å². The molecular weight excluding hydrogens is 406 g/mol. The van der Waals surface area contributed by atoms with Gasteiger partial charge in [0.1, 0.15) is 0 Å². The molecule has 1 N–H and O–H groups in total. The summed E-state index contributed by atoms with van der Waals surface area (Å²) >= 11 is 0. The largest absolute Gasteiger partial charge is 0.356 e. The highest BCUT2D eigenvalue weighted by atomic mass is 16.5. The number of nitrogens with zero attached hydrogens (tertiary/aromatic N) is 6. The first-order chi connectivity index (χ1) is 15.4. The molecule has 0 saturated carbocycles. The van der Waals surface area contributed by atoms with Gasteiger partial charge < -0.3 is 14.7 Å². The van der Waals surface area contributed by atoms with Gasteiger partial charge >= 0.3 is 0 Å². The van der Waals surface area contributed by atoms with Crippen LogP contribution in [0.15, 0.2) is 23.0 Å². The molecule has 4 rings (SSSR count). The first-order valence-corrected chi connectivity index (χ1v) is 11.3. The van der Waals surface area contributed by atoms with E-state index in [9.17, 15) is 4.79 Å². The fourth-order valence-corrected chi connectivity index (χ4v) is 4.22. The van der Waals surface area contributed by atoms with Crippen molar-refractivity contribution >= 4 is 11.9 Å². The Morgan fingerprint density at radius 2 is 2.00 bits per heavy atom. The number of hydrogen-bond acceptors (Lipinski definition) is 7. The minimum absolute atomic E-state index is 0.0524. The summed E-state index contributed by atoms with van der Waals surface area (Å²) in [6.07, 6.45) is 5.15. The Labute approximate surface area is 188 Å². The molecule has 1 amide bonds. The van der Waals surface area contributed by atoms with Crippen LogP contribution in [0.5, 0.6) is 0 Å². The van der Waals surface area contributed by atoms with Crippen LogP contribution in [0.1, 0.15) is 67.0 Å². The van der Waals surface area contributed by atoms with Crippen molar-refractivity contribution in [2.75, 3.05) is 18.4 Å². The van der Waals surface area contributed by atoms with Gasteiger partial charge in [0.05, 0.1) is 28.7 Å². The fraction of sp³-hybridized carbons (Fsp3) is 0.522. The number of carbonyl (C=O) groups excluding carboxylic acids is 1. The van der Waals surface area contributed by atoms with Gasteiger partial charge in [-0.05, 0) is 47.5 Å². The van der Waals surface area contributed by atoms with Gasteiger partial charge in [0.25, 0.3) is 5.91 Å². The van der Waals surface area contributed by atoms with E-state index in [-0.39, 0.29) is 17.9 Å². The van der Waals surface area contributed by atoms with Crippen LogP contribution < -0.4 is 5.32 Å². The third kappa shape index (κ3) is 4.37. The number of piperidine rings is 1. The number of nitrogens with one attached hydrogen (secondary N) is 1. The maximum absolute atomic E-state index is 13.1. The molecule has 4 heterocycles. The van der Waals surface area contributed by atoms with Crippen LogP contribution >= 0.6 is 0 Å². The summed E-state index contributed by atoms with van der Waals surface area (Å²) in [5, 5.41) is 11.6. The lowest BCUT2D eigenvalue weighted by Crippen LogP contribution is -2.38. The predicted octanol–water partition coefficient (Wildman–Crippen LogP) is 3.80. The number of hydrogen-bond donors (Lipinski definition) is 1. The van der Waals surface area contributed by atoms with E-state index < -0.39 is 0 Å². The smallest absolute Gasteiger partial charge is 0.257 e. The van der Waals surface area contributed by atoms with Gasteiger partial charge in [0.15, 0.2) is 5.76 Å². The lowest BCUT2D eigenvalue weighted by molar-refractivity contribution is 0.0711. The van der Waals surface area contributed by atoms with Crippen LogP contribution in [0, 0.1) is 13.8 Å². The number of aryl methyl sites for hydroxylation is 2. The van der Waals surface area contributed by atoms with Crippen LogP contribution in [-0.2, 0) is 6.54 Å². The number of carbonyl (C=O) groups is 1. The Morgan fingerprint density at radius 3 is 2.59 bits per heavy atom. The first kappa shape index (κ1) is 22.0. The third-order valence-electron chi connectivity index (χ3n) is 5.93. The Bertz CT molecular complexity index is 1090. The van der Waals surface area contributed by atoms with E-state index in [0.717, 1.165) is 42.0 Å². The molecule has 9 nitrogen and oxygen atoms in total. The predicted molar refractivity (Wildman–Crippen MR) is 122 cm³/mol. The van der Waals surface area contributed by atoms with E-state index in [0.29, 0.717) is 30.4 Å². The molecule has 0 aromatic carbocycles. The number of aromatic nitrogens is 5. The molecule has 3 aromatic rings. The zero-order chi connectivity index (χ0) is 22.8. The molecule has 1 saturated heterocycles. The average molecular weight is 438 g/mol. The molecule has 170 valence electrons. The average Bonchev–Trinajstić information content (AvgIpc) is 3.38. The molecule has 0 unspecified atom stereocenters. The van der Waals surface area contributed by atoms with Crippen LogP contribution in [0.2, 0.25) is 0 Å². The molecule has 0 radical (unpaired) electrons. The van der Waals surface area contributed by atoms with E-state index in [1.54, 1.807) is 6.20 Å². The van der Waals surface area contributed by atoms with E-state index in [4.69, 9.17) is 9.51 Å². The van der Waals surface area contributed by atoms with Crippen molar-refractivity contribution in [2.24, 2.45) is 0 Å². The summed E-state index contributed by atoms with van der Waals surface area (Å²) < 4.78 is 7.38. The highest BCUT2D eigenvalue weighted by molar-refractivity contribution is 5.95. The topological polar surface area (TPSA) is 102 Å². The quantitative estimate of drug-likeness (QED) is 0.626. The lowest BCUT2D eigenvalue weighted by Gasteiger charge is -2.32. The zero-order valence-electron chi connectivity index (χ0n) is 19.4. The minimum Gasteiger partial charge on any atom is -0.356 e. The molecule has 3 aromatic heterocycles. The van der Waals surface area contributed by atoms with Crippen molar-refractivity contribution in [3.8, 4) is 11.3 Å². The van der Waals surface area contributed by atoms with E-state index in [1.807, 2.05) is 42.6 Å². The summed E-state index contributed by atoms with van der Waals surface area (Å²) in [4.78, 5) is 24.3. The van der Waals surface area contributed by atoms with Crippen LogP contribution in [0.25, 0.3) is 11.3 Å². The highest BCUT2D eigenvalue weighted by Gasteiger charge is 2.29. The lowest BCUT2D eigenvalue weighted by atomic mass is 9.90. The SMILES string of the molecule is CCn1ncc(C(=O)N2CCC(c3nc(NC(C)C)ncc3-c3cc(C)no3)CC2)c1C. The summed E-state index contributed by atoms with van der Waals surface area (Å²) in [6, 6.07) is 2.14. The standard InChI is InChI=1S/C23H31N7O2/c1-6-30-16(5)18(13-25-30)22(31)29-9-7-17(8-10-29)21-19(20-11-15(4)28-32-20)12-24-23(27-21)26-14(2)3/h11-14,17H,6-10H2,1-5H3,(H,24,26,27). The molecule has 1 fully saturated rings. The van der Waals surface area contributed by atoms with Gasteiger partial charge in [-0.3, -0.25) is 9.48 Å². The van der Waals surface area contributed by atoms with Gasteiger partial charge in [-0.25, -0.2) is 9.97 Å². The van der Waals surface area contributed by atoms with Crippen molar-refractivity contribution in [1.82, 2.24) is 29.8 Å². The van der Waals surface area contributed by atoms with Crippen molar-refractivity contribution in [3.63, 3.8) is 0 Å². The third-order valence-corrected chi connectivity index (χ3v) is 5.93. The summed E-state index contributed by atoms with van der Waals surface area (Å²) in [5.74, 6) is 1.54. The molecule has 0 spiro atoms. The maximum Gasteiger partial charge on any atom is 0.257 e. The Hall–Kier alpha value is -3.23. The highest BCUT2D eigenvalue weighted by Crippen LogP contribution is 2.35. The second-order valence-corrected chi connectivity index (χ2v) is 8.65. The van der Waals surface area contributed by atoms with Gasteiger partial charge in [0.2, 0.25) is 5.95 Å². The van der Waals surface area contributed by atoms with Crippen LogP contribution in [0.4, 0.5) is 5.95 Å². The maximum atomic E-state index is 13.1. The van der Waals surface area contributed by atoms with E-state index >= 15 is 0 Å². The van der Waals surface area contributed by atoms with E-state index in [1.165, 1.54) is 0 Å². The molecule has 0 bridgehead atoms. The number of amides is 1. The van der Waals surface area contributed by atoms with Crippen LogP contribution in [-0.4, -0.2) is 54.8 Å². The number of likely N-dealkylation sites (tertiary alicyclic amines) is 1. The minimum atomic E-state index is 0.0524. The molecule has 0 aliphatic carbocycles. The fourth-order valence-electron chi connectivity index (χ4n) is 4.22. The Balaban J connectivity index is 1.55. The monoisotopic (exact) mass is 437 g/mol. The van der Waals surface area contributed by atoms with Gasteiger partial charge in [-0.15, -0.1) is 0 Å². The van der Waals surface area contributed by atoms with Crippen molar-refractivity contribution < 1.29 is 9.32 Å². The van der Waals surface area contributed by atoms with Crippen molar-refractivity contribution in [3.05, 3.63) is 41.1 Å². The second kappa shape index (κ2) is 9.10.